The Bertz CT molecular complexity index is 397. The van der Waals surface area contributed by atoms with Crippen molar-refractivity contribution in [3.05, 3.63) is 0 Å². The van der Waals surface area contributed by atoms with E-state index in [2.05, 4.69) is 55.4 Å². The van der Waals surface area contributed by atoms with E-state index in [1.54, 1.807) is 0 Å². The highest BCUT2D eigenvalue weighted by atomic mass is 16.6. The molecule has 2 aliphatic heterocycles. The summed E-state index contributed by atoms with van der Waals surface area (Å²) in [5.74, 6) is 2.97. The van der Waals surface area contributed by atoms with Gasteiger partial charge >= 0.3 is 0 Å². The van der Waals surface area contributed by atoms with Gasteiger partial charge in [-0.3, -0.25) is 0 Å². The van der Waals surface area contributed by atoms with E-state index in [-0.39, 0.29) is 11.7 Å². The van der Waals surface area contributed by atoms with Gasteiger partial charge in [0.2, 0.25) is 0 Å². The number of hydrogen-bond donors (Lipinski definition) is 0. The Morgan fingerprint density at radius 3 is 1.96 bits per heavy atom. The molecule has 0 aromatic rings. The lowest BCUT2D eigenvalue weighted by molar-refractivity contribution is -0.171. The Hall–Kier alpha value is -0.120. The minimum atomic E-state index is -0.125. The molecule has 0 bridgehead atoms. The van der Waals surface area contributed by atoms with Crippen molar-refractivity contribution in [3.63, 3.8) is 0 Å². The van der Waals surface area contributed by atoms with Gasteiger partial charge in [-0.15, -0.1) is 0 Å². The molecule has 0 aromatic heterocycles. The Morgan fingerprint density at radius 1 is 0.833 bits per heavy atom. The maximum absolute atomic E-state index is 6.37. The van der Waals surface area contributed by atoms with Crippen molar-refractivity contribution in [2.45, 2.75) is 92.1 Å². The third kappa shape index (κ3) is 3.68. The first-order valence-electron chi connectivity index (χ1n) is 10.2. The van der Waals surface area contributed by atoms with E-state index in [9.17, 15) is 0 Å². The van der Waals surface area contributed by atoms with Crippen molar-refractivity contribution >= 4 is 0 Å². The second-order valence-corrected chi connectivity index (χ2v) is 8.60. The smallest absolute Gasteiger partial charge is 0.0944 e. The van der Waals surface area contributed by atoms with Gasteiger partial charge in [-0.05, 0) is 49.4 Å². The van der Waals surface area contributed by atoms with Crippen molar-refractivity contribution in [1.29, 1.82) is 0 Å². The SMILES string of the molecule is CCC1O[C@H](COC[C@]2(CC)O[C@H](C)C(C)C2C)C(C)C(C)[C@@H]1C. The molecule has 0 amide bonds. The summed E-state index contributed by atoms with van der Waals surface area (Å²) in [6, 6.07) is 0. The second kappa shape index (κ2) is 8.05. The van der Waals surface area contributed by atoms with Crippen molar-refractivity contribution < 1.29 is 14.2 Å². The van der Waals surface area contributed by atoms with Crippen molar-refractivity contribution in [2.75, 3.05) is 13.2 Å². The van der Waals surface area contributed by atoms with E-state index < -0.39 is 0 Å². The molecule has 0 saturated carbocycles. The summed E-state index contributed by atoms with van der Waals surface area (Å²) in [4.78, 5) is 0. The van der Waals surface area contributed by atoms with E-state index in [1.165, 1.54) is 0 Å². The van der Waals surface area contributed by atoms with Crippen molar-refractivity contribution in [3.8, 4) is 0 Å². The molecule has 2 saturated heterocycles. The molecular weight excluding hydrogens is 300 g/mol. The molecule has 3 heteroatoms. The molecule has 2 heterocycles. The van der Waals surface area contributed by atoms with E-state index in [1.807, 2.05) is 0 Å². The summed E-state index contributed by atoms with van der Waals surface area (Å²) in [6.45, 7) is 19.6. The lowest BCUT2D eigenvalue weighted by Gasteiger charge is -2.44. The van der Waals surface area contributed by atoms with E-state index in [0.717, 1.165) is 12.8 Å². The highest BCUT2D eigenvalue weighted by Gasteiger charge is 2.48. The topological polar surface area (TPSA) is 27.7 Å². The van der Waals surface area contributed by atoms with Crippen LogP contribution in [0.4, 0.5) is 0 Å². The predicted molar refractivity (Wildman–Crippen MR) is 99.2 cm³/mol. The molecule has 5 unspecified atom stereocenters. The van der Waals surface area contributed by atoms with Gasteiger partial charge in [0.1, 0.15) is 0 Å². The van der Waals surface area contributed by atoms with E-state index >= 15 is 0 Å². The van der Waals surface area contributed by atoms with E-state index in [0.29, 0.717) is 55.0 Å². The fourth-order valence-corrected chi connectivity index (χ4v) is 4.78. The fraction of sp³-hybridized carbons (Fsp3) is 1.00. The number of rotatable bonds is 6. The standard InChI is InChI=1S/C21H40O3/c1-9-19-14(4)13(3)15(5)20(23-19)11-22-12-21(10-2)17(7)16(6)18(8)24-21/h13-20H,9-12H2,1-8H3/t13?,14-,15?,16?,17?,18+,19?,20+,21-/m0/s1. The lowest BCUT2D eigenvalue weighted by atomic mass is 9.76. The van der Waals surface area contributed by atoms with Crippen molar-refractivity contribution in [1.82, 2.24) is 0 Å². The van der Waals surface area contributed by atoms with Crippen LogP contribution >= 0.6 is 0 Å². The monoisotopic (exact) mass is 340 g/mol. The molecule has 24 heavy (non-hydrogen) atoms. The zero-order chi connectivity index (χ0) is 18.1. The van der Waals surface area contributed by atoms with Crippen LogP contribution in [0, 0.1) is 29.6 Å². The zero-order valence-electron chi connectivity index (χ0n) is 17.2. The number of hydrogen-bond acceptors (Lipinski definition) is 3. The summed E-state index contributed by atoms with van der Waals surface area (Å²) >= 11 is 0. The Labute approximate surface area is 149 Å². The maximum Gasteiger partial charge on any atom is 0.0944 e. The van der Waals surface area contributed by atoms with Gasteiger partial charge in [-0.2, -0.15) is 0 Å². The van der Waals surface area contributed by atoms with Crippen LogP contribution < -0.4 is 0 Å². The fourth-order valence-electron chi connectivity index (χ4n) is 4.78. The third-order valence-corrected chi connectivity index (χ3v) is 7.59. The molecule has 3 nitrogen and oxygen atoms in total. The molecule has 142 valence electrons. The van der Waals surface area contributed by atoms with Gasteiger partial charge in [0.25, 0.3) is 0 Å². The summed E-state index contributed by atoms with van der Waals surface area (Å²) in [5, 5.41) is 0. The van der Waals surface area contributed by atoms with Crippen LogP contribution in [0.25, 0.3) is 0 Å². The van der Waals surface area contributed by atoms with Gasteiger partial charge in [0, 0.05) is 0 Å². The van der Waals surface area contributed by atoms with Crippen LogP contribution in [0.15, 0.2) is 0 Å². The van der Waals surface area contributed by atoms with Gasteiger partial charge in [-0.25, -0.2) is 0 Å². The summed E-state index contributed by atoms with van der Waals surface area (Å²) < 4.78 is 18.9. The van der Waals surface area contributed by atoms with Crippen LogP contribution in [-0.2, 0) is 14.2 Å². The largest absolute Gasteiger partial charge is 0.376 e. The third-order valence-electron chi connectivity index (χ3n) is 7.59. The quantitative estimate of drug-likeness (QED) is 0.686. The maximum atomic E-state index is 6.37. The average Bonchev–Trinajstić information content (AvgIpc) is 2.79. The molecule has 2 aliphatic rings. The summed E-state index contributed by atoms with van der Waals surface area (Å²) in [5.41, 5.74) is -0.125. The molecule has 9 atom stereocenters. The molecule has 0 aromatic carbocycles. The van der Waals surface area contributed by atoms with Gasteiger partial charge in [0.15, 0.2) is 0 Å². The summed E-state index contributed by atoms with van der Waals surface area (Å²) in [7, 11) is 0. The molecule has 2 rings (SSSR count). The zero-order valence-corrected chi connectivity index (χ0v) is 17.2. The molecular formula is C21H40O3. The molecule has 0 N–H and O–H groups in total. The first-order chi connectivity index (χ1) is 11.3. The number of ether oxygens (including phenoxy) is 3. The van der Waals surface area contributed by atoms with Crippen LogP contribution in [0.5, 0.6) is 0 Å². The molecule has 0 aliphatic carbocycles. The van der Waals surface area contributed by atoms with Crippen LogP contribution in [0.2, 0.25) is 0 Å². The van der Waals surface area contributed by atoms with Crippen LogP contribution in [-0.4, -0.2) is 37.1 Å². The first-order valence-corrected chi connectivity index (χ1v) is 10.2. The van der Waals surface area contributed by atoms with Gasteiger partial charge < -0.3 is 14.2 Å². The van der Waals surface area contributed by atoms with Crippen molar-refractivity contribution in [2.24, 2.45) is 29.6 Å². The summed E-state index contributed by atoms with van der Waals surface area (Å²) in [6.07, 6.45) is 2.99. The van der Waals surface area contributed by atoms with Gasteiger partial charge in [0.05, 0.1) is 37.1 Å². The second-order valence-electron chi connectivity index (χ2n) is 8.60. The van der Waals surface area contributed by atoms with Gasteiger partial charge in [-0.1, -0.05) is 48.5 Å². The highest BCUT2D eigenvalue weighted by Crippen LogP contribution is 2.43. The lowest BCUT2D eigenvalue weighted by Crippen LogP contribution is -2.47. The normalized spacial score (nSPS) is 49.5. The Kier molecular flexibility index (Phi) is 6.78. The Morgan fingerprint density at radius 2 is 1.46 bits per heavy atom. The van der Waals surface area contributed by atoms with E-state index in [4.69, 9.17) is 14.2 Å². The first kappa shape index (κ1) is 20.2. The highest BCUT2D eigenvalue weighted by molar-refractivity contribution is 4.96. The molecule has 2 fully saturated rings. The molecule has 0 spiro atoms. The van der Waals surface area contributed by atoms with Crippen LogP contribution in [0.1, 0.15) is 68.2 Å². The Balaban J connectivity index is 1.93. The average molecular weight is 341 g/mol. The van der Waals surface area contributed by atoms with Crippen LogP contribution in [0.3, 0.4) is 0 Å². The minimum Gasteiger partial charge on any atom is -0.376 e. The molecule has 0 radical (unpaired) electrons. The minimum absolute atomic E-state index is 0.125. The predicted octanol–water partition coefficient (Wildman–Crippen LogP) is 4.93.